The van der Waals surface area contributed by atoms with Gasteiger partial charge in [0.25, 0.3) is 0 Å². The zero-order valence-electron chi connectivity index (χ0n) is 34.0. The Bertz CT molecular complexity index is 934. The highest BCUT2D eigenvalue weighted by Crippen LogP contribution is 2.23. The van der Waals surface area contributed by atoms with E-state index in [4.69, 9.17) is 9.47 Å². The Labute approximate surface area is 327 Å². The normalized spacial score (nSPS) is 22.9. The summed E-state index contributed by atoms with van der Waals surface area (Å²) in [6.45, 7) is 3.38. The third-order valence-electron chi connectivity index (χ3n) is 10.5. The molecule has 0 aromatic rings. The lowest BCUT2D eigenvalue weighted by Gasteiger charge is -2.40. The van der Waals surface area contributed by atoms with E-state index in [0.29, 0.717) is 19.3 Å². The second kappa shape index (κ2) is 33.7. The van der Waals surface area contributed by atoms with Crippen LogP contribution in [0.25, 0.3) is 0 Å². The monoisotopic (exact) mass is 772 g/mol. The highest BCUT2D eigenvalue weighted by atomic mass is 16.7. The third-order valence-corrected chi connectivity index (χ3v) is 10.5. The molecular formula is C43H81NO10. The molecule has 0 aromatic carbocycles. The summed E-state index contributed by atoms with van der Waals surface area (Å²) in [7, 11) is 0. The van der Waals surface area contributed by atoms with Gasteiger partial charge in [0.15, 0.2) is 6.29 Å². The van der Waals surface area contributed by atoms with Crippen molar-refractivity contribution in [3.8, 4) is 0 Å². The van der Waals surface area contributed by atoms with Crippen LogP contribution in [0.2, 0.25) is 0 Å². The van der Waals surface area contributed by atoms with Crippen LogP contribution in [0.4, 0.5) is 0 Å². The summed E-state index contributed by atoms with van der Waals surface area (Å²) >= 11 is 0. The lowest BCUT2D eigenvalue weighted by atomic mass is 9.98. The quantitative estimate of drug-likeness (QED) is 0.0269. The molecule has 0 spiro atoms. The molecule has 8 N–H and O–H groups in total. The van der Waals surface area contributed by atoms with Crippen molar-refractivity contribution < 1.29 is 50.0 Å². The van der Waals surface area contributed by atoms with Gasteiger partial charge in [0.05, 0.1) is 25.4 Å². The number of aliphatic hydroxyl groups is 7. The zero-order valence-corrected chi connectivity index (χ0v) is 34.0. The SMILES string of the molecule is CCCCCCC/C=C/CC/C=C/CCCC(O)C(O)C(COC1OC(CO)C(O)C(O)C1O)NC(=O)C(O)CCCCCCCCCCCCCCC. The summed E-state index contributed by atoms with van der Waals surface area (Å²) in [5, 5.41) is 75.4. The molecule has 9 unspecified atom stereocenters. The molecule has 1 heterocycles. The molecule has 0 bridgehead atoms. The molecule has 0 radical (unpaired) electrons. The van der Waals surface area contributed by atoms with Crippen molar-refractivity contribution in [1.82, 2.24) is 5.32 Å². The van der Waals surface area contributed by atoms with Gasteiger partial charge in [0.1, 0.15) is 36.6 Å². The van der Waals surface area contributed by atoms with Crippen LogP contribution in [0.15, 0.2) is 24.3 Å². The largest absolute Gasteiger partial charge is 0.394 e. The molecule has 1 rings (SSSR count). The second-order valence-electron chi connectivity index (χ2n) is 15.4. The number of allylic oxidation sites excluding steroid dienone is 4. The number of carbonyl (C=O) groups excluding carboxylic acids is 1. The average Bonchev–Trinajstić information content (AvgIpc) is 3.17. The first-order valence-electron chi connectivity index (χ1n) is 21.7. The number of nitrogens with one attached hydrogen (secondary N) is 1. The van der Waals surface area contributed by atoms with Crippen LogP contribution < -0.4 is 5.32 Å². The molecule has 54 heavy (non-hydrogen) atoms. The van der Waals surface area contributed by atoms with Crippen LogP contribution in [0, 0.1) is 0 Å². The Hall–Kier alpha value is -1.41. The van der Waals surface area contributed by atoms with Crippen LogP contribution in [0.3, 0.4) is 0 Å². The van der Waals surface area contributed by atoms with Crippen molar-refractivity contribution in [1.29, 1.82) is 0 Å². The van der Waals surface area contributed by atoms with Gasteiger partial charge in [-0.25, -0.2) is 0 Å². The number of ether oxygens (including phenoxy) is 2. The highest BCUT2D eigenvalue weighted by molar-refractivity contribution is 5.80. The van der Waals surface area contributed by atoms with Crippen molar-refractivity contribution in [2.75, 3.05) is 13.2 Å². The topological polar surface area (TPSA) is 189 Å². The molecule has 9 atom stereocenters. The molecule has 318 valence electrons. The van der Waals surface area contributed by atoms with Crippen LogP contribution in [0.1, 0.15) is 174 Å². The van der Waals surface area contributed by atoms with Crippen molar-refractivity contribution in [3.05, 3.63) is 24.3 Å². The van der Waals surface area contributed by atoms with Crippen LogP contribution in [-0.4, -0.2) is 110 Å². The fraction of sp³-hybridized carbons (Fsp3) is 0.884. The Kier molecular flexibility index (Phi) is 31.6. The Morgan fingerprint density at radius 2 is 1.11 bits per heavy atom. The van der Waals surface area contributed by atoms with E-state index >= 15 is 0 Å². The van der Waals surface area contributed by atoms with Gasteiger partial charge in [0, 0.05) is 0 Å². The molecule has 1 aliphatic heterocycles. The minimum atomic E-state index is -1.67. The Balaban J connectivity index is 2.54. The van der Waals surface area contributed by atoms with Crippen molar-refractivity contribution >= 4 is 5.91 Å². The van der Waals surface area contributed by atoms with Crippen molar-refractivity contribution in [2.24, 2.45) is 0 Å². The Morgan fingerprint density at radius 1 is 0.630 bits per heavy atom. The van der Waals surface area contributed by atoms with E-state index in [1.165, 1.54) is 89.9 Å². The summed E-state index contributed by atoms with van der Waals surface area (Å²) in [6, 6.07) is -1.19. The summed E-state index contributed by atoms with van der Waals surface area (Å²) < 4.78 is 11.0. The molecule has 1 saturated heterocycles. The molecule has 0 aliphatic carbocycles. The first-order valence-corrected chi connectivity index (χ1v) is 21.7. The van der Waals surface area contributed by atoms with E-state index in [-0.39, 0.29) is 12.8 Å². The van der Waals surface area contributed by atoms with Crippen LogP contribution in [0.5, 0.6) is 0 Å². The van der Waals surface area contributed by atoms with Gasteiger partial charge in [-0.1, -0.05) is 147 Å². The predicted octanol–water partition coefficient (Wildman–Crippen LogP) is 6.28. The summed E-state index contributed by atoms with van der Waals surface area (Å²) in [5.41, 5.74) is 0. The number of rotatable bonds is 35. The van der Waals surface area contributed by atoms with Gasteiger partial charge >= 0.3 is 0 Å². The van der Waals surface area contributed by atoms with Gasteiger partial charge in [-0.3, -0.25) is 4.79 Å². The maximum atomic E-state index is 13.0. The first-order chi connectivity index (χ1) is 26.2. The van der Waals surface area contributed by atoms with Gasteiger partial charge in [0.2, 0.25) is 5.91 Å². The van der Waals surface area contributed by atoms with Crippen LogP contribution >= 0.6 is 0 Å². The van der Waals surface area contributed by atoms with Crippen molar-refractivity contribution in [2.45, 2.75) is 229 Å². The van der Waals surface area contributed by atoms with E-state index in [0.717, 1.165) is 38.5 Å². The average molecular weight is 772 g/mol. The highest BCUT2D eigenvalue weighted by Gasteiger charge is 2.44. The minimum absolute atomic E-state index is 0.247. The molecule has 1 amide bonds. The van der Waals surface area contributed by atoms with Gasteiger partial charge in [-0.15, -0.1) is 0 Å². The fourth-order valence-electron chi connectivity index (χ4n) is 6.81. The number of amides is 1. The maximum absolute atomic E-state index is 13.0. The van der Waals surface area contributed by atoms with Gasteiger partial charge in [-0.05, 0) is 51.4 Å². The number of hydrogen-bond acceptors (Lipinski definition) is 10. The molecule has 1 fully saturated rings. The van der Waals surface area contributed by atoms with E-state index in [9.17, 15) is 40.5 Å². The minimum Gasteiger partial charge on any atom is -0.394 e. The predicted molar refractivity (Wildman–Crippen MR) is 215 cm³/mol. The second-order valence-corrected chi connectivity index (χ2v) is 15.4. The van der Waals surface area contributed by atoms with E-state index in [1.807, 2.05) is 0 Å². The molecule has 0 saturated carbocycles. The molecule has 11 heteroatoms. The summed E-state index contributed by atoms with van der Waals surface area (Å²) in [6.07, 6.45) is 23.7. The van der Waals surface area contributed by atoms with Crippen LogP contribution in [-0.2, 0) is 14.3 Å². The standard InChI is InChI=1S/C43H81NO10/c1-3-5-7-9-11-13-15-17-19-20-22-24-26-28-30-35(46)38(48)34(33-53-43-41(51)40(50)39(49)37(32-45)54-43)44-42(52)36(47)31-29-27-25-23-21-18-16-14-12-10-8-6-4-2/h15,17,22,24,34-41,43,45-51H,3-14,16,18-21,23,25-33H2,1-2H3,(H,44,52)/b17-15+,24-22+. The molecular weight excluding hydrogens is 690 g/mol. The maximum Gasteiger partial charge on any atom is 0.249 e. The summed E-state index contributed by atoms with van der Waals surface area (Å²) in [4.78, 5) is 13.0. The van der Waals surface area contributed by atoms with E-state index < -0.39 is 74.2 Å². The number of aliphatic hydroxyl groups excluding tert-OH is 7. The smallest absolute Gasteiger partial charge is 0.249 e. The summed E-state index contributed by atoms with van der Waals surface area (Å²) in [5.74, 6) is -0.712. The Morgan fingerprint density at radius 3 is 1.65 bits per heavy atom. The van der Waals surface area contributed by atoms with Crippen molar-refractivity contribution in [3.63, 3.8) is 0 Å². The number of unbranched alkanes of at least 4 members (excludes halogenated alkanes) is 19. The molecule has 0 aromatic heterocycles. The zero-order chi connectivity index (χ0) is 39.8. The number of hydrogen-bond donors (Lipinski definition) is 8. The third kappa shape index (κ3) is 23.6. The first kappa shape index (κ1) is 50.6. The van der Waals surface area contributed by atoms with E-state index in [1.54, 1.807) is 0 Å². The fourth-order valence-corrected chi connectivity index (χ4v) is 6.81. The van der Waals surface area contributed by atoms with Gasteiger partial charge in [-0.2, -0.15) is 0 Å². The lowest BCUT2D eigenvalue weighted by Crippen LogP contribution is -2.60. The van der Waals surface area contributed by atoms with E-state index in [2.05, 4.69) is 43.5 Å². The number of carbonyl (C=O) groups is 1. The molecule has 1 aliphatic rings. The van der Waals surface area contributed by atoms with Gasteiger partial charge < -0.3 is 50.5 Å². The molecule has 11 nitrogen and oxygen atoms in total. The lowest BCUT2D eigenvalue weighted by molar-refractivity contribution is -0.303.